The van der Waals surface area contributed by atoms with E-state index in [1.54, 1.807) is 28.6 Å². The van der Waals surface area contributed by atoms with Crippen LogP contribution in [0, 0.1) is 0 Å². The fourth-order valence-corrected chi connectivity index (χ4v) is 4.33. The zero-order valence-corrected chi connectivity index (χ0v) is 13.0. The minimum absolute atomic E-state index is 0.272. The highest BCUT2D eigenvalue weighted by molar-refractivity contribution is 7.89. The molecule has 0 bridgehead atoms. The topological polar surface area (TPSA) is 37.4 Å². The molecule has 5 heteroatoms. The lowest BCUT2D eigenvalue weighted by Crippen LogP contribution is -2.28. The lowest BCUT2D eigenvalue weighted by molar-refractivity contribution is 0.473. The number of hydrogen-bond donors (Lipinski definition) is 0. The zero-order chi connectivity index (χ0) is 14.9. The summed E-state index contributed by atoms with van der Waals surface area (Å²) in [5.41, 5.74) is 1.20. The second-order valence-corrected chi connectivity index (χ2v) is 7.59. The molecule has 0 spiro atoms. The monoisotopic (exact) mass is 321 g/mol. The summed E-state index contributed by atoms with van der Waals surface area (Å²) in [6.45, 7) is 1.10. The molecule has 21 heavy (non-hydrogen) atoms. The Morgan fingerprint density at radius 2 is 1.67 bits per heavy atom. The molecular weight excluding hydrogens is 306 g/mol. The highest BCUT2D eigenvalue weighted by Crippen LogP contribution is 2.31. The van der Waals surface area contributed by atoms with E-state index in [9.17, 15) is 8.42 Å². The predicted molar refractivity (Wildman–Crippen MR) is 84.0 cm³/mol. The molecule has 0 radical (unpaired) electrons. The van der Waals surface area contributed by atoms with Crippen LogP contribution >= 0.6 is 11.6 Å². The van der Waals surface area contributed by atoms with E-state index in [1.807, 2.05) is 18.2 Å². The van der Waals surface area contributed by atoms with Crippen LogP contribution in [0.15, 0.2) is 59.5 Å². The summed E-state index contributed by atoms with van der Waals surface area (Å²) in [6, 6.07) is 16.4. The van der Waals surface area contributed by atoms with Gasteiger partial charge in [-0.3, -0.25) is 0 Å². The van der Waals surface area contributed by atoms with Crippen LogP contribution in [-0.4, -0.2) is 25.8 Å². The standard InChI is InChI=1S/C16H16ClNO2S/c17-15-6-8-16(9-7-15)21(19,20)18-11-10-14(12-18)13-4-2-1-3-5-13/h1-9,14H,10-12H2. The molecule has 3 rings (SSSR count). The summed E-state index contributed by atoms with van der Waals surface area (Å²) in [4.78, 5) is 0.306. The average molecular weight is 322 g/mol. The normalized spacial score (nSPS) is 19.8. The third kappa shape index (κ3) is 2.98. The molecular formula is C16H16ClNO2S. The first-order valence-electron chi connectivity index (χ1n) is 6.88. The largest absolute Gasteiger partial charge is 0.243 e. The molecule has 0 amide bonds. The van der Waals surface area contributed by atoms with Crippen LogP contribution in [0.1, 0.15) is 17.9 Å². The summed E-state index contributed by atoms with van der Waals surface area (Å²) >= 11 is 5.82. The van der Waals surface area contributed by atoms with Gasteiger partial charge in [-0.2, -0.15) is 4.31 Å². The Kier molecular flexibility index (Phi) is 4.02. The Morgan fingerprint density at radius 3 is 2.33 bits per heavy atom. The number of rotatable bonds is 3. The molecule has 2 aromatic rings. The number of sulfonamides is 1. The molecule has 1 fully saturated rings. The van der Waals surface area contributed by atoms with Gasteiger partial charge < -0.3 is 0 Å². The number of halogens is 1. The Morgan fingerprint density at radius 1 is 1.00 bits per heavy atom. The summed E-state index contributed by atoms with van der Waals surface area (Å²) in [6.07, 6.45) is 0.858. The van der Waals surface area contributed by atoms with Gasteiger partial charge >= 0.3 is 0 Å². The summed E-state index contributed by atoms with van der Waals surface area (Å²) in [7, 11) is -3.42. The van der Waals surface area contributed by atoms with E-state index in [-0.39, 0.29) is 5.92 Å². The highest BCUT2D eigenvalue weighted by atomic mass is 35.5. The Hall–Kier alpha value is -1.36. The zero-order valence-electron chi connectivity index (χ0n) is 11.4. The van der Waals surface area contributed by atoms with Crippen LogP contribution in [0.5, 0.6) is 0 Å². The van der Waals surface area contributed by atoms with Gasteiger partial charge in [0.25, 0.3) is 0 Å². The van der Waals surface area contributed by atoms with E-state index in [0.29, 0.717) is 23.0 Å². The first-order valence-corrected chi connectivity index (χ1v) is 8.70. The maximum Gasteiger partial charge on any atom is 0.243 e. The van der Waals surface area contributed by atoms with Gasteiger partial charge in [0, 0.05) is 18.1 Å². The minimum Gasteiger partial charge on any atom is -0.207 e. The molecule has 1 saturated heterocycles. The first kappa shape index (κ1) is 14.6. The SMILES string of the molecule is O=S(=O)(c1ccc(Cl)cc1)N1CCC(c2ccccc2)C1. The molecule has 110 valence electrons. The van der Waals surface area contributed by atoms with Crippen molar-refractivity contribution in [3.63, 3.8) is 0 Å². The maximum atomic E-state index is 12.6. The molecule has 1 aliphatic heterocycles. The van der Waals surface area contributed by atoms with Gasteiger partial charge in [-0.15, -0.1) is 0 Å². The van der Waals surface area contributed by atoms with E-state index >= 15 is 0 Å². The van der Waals surface area contributed by atoms with E-state index in [4.69, 9.17) is 11.6 Å². The third-order valence-electron chi connectivity index (χ3n) is 3.87. The average Bonchev–Trinajstić information content (AvgIpc) is 2.99. The van der Waals surface area contributed by atoms with Crippen LogP contribution in [0.2, 0.25) is 5.02 Å². The fourth-order valence-electron chi connectivity index (χ4n) is 2.70. The van der Waals surface area contributed by atoms with Crippen molar-refractivity contribution >= 4 is 21.6 Å². The molecule has 0 aliphatic carbocycles. The molecule has 1 atom stereocenters. The van der Waals surface area contributed by atoms with Gasteiger partial charge in [0.1, 0.15) is 0 Å². The third-order valence-corrected chi connectivity index (χ3v) is 6.00. The van der Waals surface area contributed by atoms with Crippen LogP contribution < -0.4 is 0 Å². The summed E-state index contributed by atoms with van der Waals surface area (Å²) < 4.78 is 26.8. The molecule has 0 saturated carbocycles. The van der Waals surface area contributed by atoms with E-state index in [1.165, 1.54) is 5.56 Å². The molecule has 0 aromatic heterocycles. The Bertz CT molecular complexity index is 714. The second kappa shape index (κ2) is 5.79. The predicted octanol–water partition coefficient (Wildman–Crippen LogP) is 3.52. The molecule has 1 heterocycles. The van der Waals surface area contributed by atoms with Crippen molar-refractivity contribution in [2.75, 3.05) is 13.1 Å². The van der Waals surface area contributed by atoms with Crippen LogP contribution in [0.25, 0.3) is 0 Å². The molecule has 2 aromatic carbocycles. The number of nitrogens with zero attached hydrogens (tertiary/aromatic N) is 1. The van der Waals surface area contributed by atoms with Crippen molar-refractivity contribution in [2.45, 2.75) is 17.2 Å². The minimum atomic E-state index is -3.42. The van der Waals surface area contributed by atoms with Crippen molar-refractivity contribution < 1.29 is 8.42 Å². The Balaban J connectivity index is 1.81. The van der Waals surface area contributed by atoms with Gasteiger partial charge in [0.2, 0.25) is 10.0 Å². The lowest BCUT2D eigenvalue weighted by atomic mass is 9.99. The van der Waals surface area contributed by atoms with Crippen LogP contribution in [0.3, 0.4) is 0 Å². The maximum absolute atomic E-state index is 12.6. The number of benzene rings is 2. The molecule has 1 aliphatic rings. The van der Waals surface area contributed by atoms with Gasteiger partial charge in [0.15, 0.2) is 0 Å². The van der Waals surface area contributed by atoms with Crippen molar-refractivity contribution in [3.05, 3.63) is 65.2 Å². The van der Waals surface area contributed by atoms with Crippen molar-refractivity contribution in [2.24, 2.45) is 0 Å². The summed E-state index contributed by atoms with van der Waals surface area (Å²) in [5, 5.41) is 0.539. The van der Waals surface area contributed by atoms with E-state index < -0.39 is 10.0 Å². The Labute approximate surface area is 130 Å². The number of hydrogen-bond acceptors (Lipinski definition) is 2. The summed E-state index contributed by atoms with van der Waals surface area (Å²) in [5.74, 6) is 0.272. The van der Waals surface area contributed by atoms with Crippen molar-refractivity contribution in [1.82, 2.24) is 4.31 Å². The van der Waals surface area contributed by atoms with Gasteiger partial charge in [-0.05, 0) is 42.2 Å². The van der Waals surface area contributed by atoms with Gasteiger partial charge in [0.05, 0.1) is 4.90 Å². The first-order chi connectivity index (χ1) is 10.1. The van der Waals surface area contributed by atoms with Gasteiger partial charge in [-0.25, -0.2) is 8.42 Å². The fraction of sp³-hybridized carbons (Fsp3) is 0.250. The van der Waals surface area contributed by atoms with E-state index in [0.717, 1.165) is 6.42 Å². The van der Waals surface area contributed by atoms with E-state index in [2.05, 4.69) is 12.1 Å². The second-order valence-electron chi connectivity index (χ2n) is 5.21. The van der Waals surface area contributed by atoms with Gasteiger partial charge in [-0.1, -0.05) is 41.9 Å². The smallest absolute Gasteiger partial charge is 0.207 e. The van der Waals surface area contributed by atoms with Crippen molar-refractivity contribution in [1.29, 1.82) is 0 Å². The molecule has 0 N–H and O–H groups in total. The molecule has 3 nitrogen and oxygen atoms in total. The quantitative estimate of drug-likeness (QED) is 0.867. The van der Waals surface area contributed by atoms with Crippen LogP contribution in [-0.2, 0) is 10.0 Å². The highest BCUT2D eigenvalue weighted by Gasteiger charge is 2.32. The van der Waals surface area contributed by atoms with Crippen molar-refractivity contribution in [3.8, 4) is 0 Å². The lowest BCUT2D eigenvalue weighted by Gasteiger charge is -2.17. The van der Waals surface area contributed by atoms with Crippen LogP contribution in [0.4, 0.5) is 0 Å². The molecule has 1 unspecified atom stereocenters.